The first kappa shape index (κ1) is 17.5. The van der Waals surface area contributed by atoms with Crippen LogP contribution < -0.4 is 15.6 Å². The average molecular weight is 371 g/mol. The van der Waals surface area contributed by atoms with Gasteiger partial charge < -0.3 is 15.0 Å². The molecule has 0 unspecified atom stereocenters. The molecule has 6 nitrogen and oxygen atoms in total. The molecular formula is C22H17N3O3. The number of methoxy groups -OCH3 is 1. The number of H-pyrrole nitrogens is 1. The summed E-state index contributed by atoms with van der Waals surface area (Å²) in [5.74, 6) is 0.284. The highest BCUT2D eigenvalue weighted by molar-refractivity contribution is 6.06. The van der Waals surface area contributed by atoms with Gasteiger partial charge in [-0.1, -0.05) is 30.3 Å². The minimum Gasteiger partial charge on any atom is -0.497 e. The van der Waals surface area contributed by atoms with E-state index in [0.717, 1.165) is 0 Å². The van der Waals surface area contributed by atoms with Crippen molar-refractivity contribution in [3.63, 3.8) is 0 Å². The highest BCUT2D eigenvalue weighted by Gasteiger charge is 2.16. The lowest BCUT2D eigenvalue weighted by atomic mass is 10.1. The number of nitrogens with one attached hydrogen (secondary N) is 2. The van der Waals surface area contributed by atoms with E-state index >= 15 is 0 Å². The topological polar surface area (TPSA) is 84.1 Å². The normalized spacial score (nSPS) is 10.6. The molecule has 0 bridgehead atoms. The molecule has 0 fully saturated rings. The highest BCUT2D eigenvalue weighted by Crippen LogP contribution is 2.30. The summed E-state index contributed by atoms with van der Waals surface area (Å²) in [5.41, 5.74) is 2.64. The van der Waals surface area contributed by atoms with Crippen LogP contribution in [0.3, 0.4) is 0 Å². The zero-order valence-electron chi connectivity index (χ0n) is 15.1. The van der Waals surface area contributed by atoms with E-state index in [4.69, 9.17) is 4.74 Å². The molecule has 1 amide bonds. The van der Waals surface area contributed by atoms with Crippen molar-refractivity contribution in [3.8, 4) is 17.0 Å². The van der Waals surface area contributed by atoms with E-state index in [2.05, 4.69) is 15.3 Å². The van der Waals surface area contributed by atoms with Crippen molar-refractivity contribution in [1.82, 2.24) is 9.97 Å². The zero-order chi connectivity index (χ0) is 19.5. The van der Waals surface area contributed by atoms with Gasteiger partial charge in [0.05, 0.1) is 23.8 Å². The number of aromatic amines is 1. The largest absolute Gasteiger partial charge is 0.497 e. The molecule has 0 saturated heterocycles. The maximum absolute atomic E-state index is 12.7. The van der Waals surface area contributed by atoms with Gasteiger partial charge in [0.15, 0.2) is 0 Å². The van der Waals surface area contributed by atoms with E-state index < -0.39 is 0 Å². The minimum atomic E-state index is -0.345. The van der Waals surface area contributed by atoms with E-state index in [1.54, 1.807) is 55.6 Å². The first-order valence-electron chi connectivity index (χ1n) is 8.69. The molecule has 0 aliphatic rings. The summed E-state index contributed by atoms with van der Waals surface area (Å²) in [4.78, 5) is 32.6. The summed E-state index contributed by atoms with van der Waals surface area (Å²) in [6, 6.07) is 21.3. The summed E-state index contributed by atoms with van der Waals surface area (Å²) < 4.78 is 5.30. The van der Waals surface area contributed by atoms with Gasteiger partial charge in [-0.2, -0.15) is 0 Å². The number of fused-ring (bicyclic) bond motifs is 1. The van der Waals surface area contributed by atoms with Crippen molar-refractivity contribution < 1.29 is 9.53 Å². The van der Waals surface area contributed by atoms with Gasteiger partial charge in [-0.3, -0.25) is 9.59 Å². The van der Waals surface area contributed by atoms with Crippen LogP contribution in [-0.4, -0.2) is 23.0 Å². The number of ether oxygens (including phenoxy) is 1. The Hall–Kier alpha value is -3.93. The van der Waals surface area contributed by atoms with Crippen LogP contribution in [0.25, 0.3) is 22.3 Å². The van der Waals surface area contributed by atoms with Crippen molar-refractivity contribution >= 4 is 22.6 Å². The quantitative estimate of drug-likeness (QED) is 0.571. The number of rotatable bonds is 4. The van der Waals surface area contributed by atoms with Crippen molar-refractivity contribution in [2.75, 3.05) is 12.4 Å². The predicted molar refractivity (Wildman–Crippen MR) is 109 cm³/mol. The van der Waals surface area contributed by atoms with Gasteiger partial charge >= 0.3 is 0 Å². The number of amides is 1. The summed E-state index contributed by atoms with van der Waals surface area (Å²) in [7, 11) is 1.54. The van der Waals surface area contributed by atoms with Crippen LogP contribution >= 0.6 is 0 Å². The second-order valence-electron chi connectivity index (χ2n) is 6.16. The molecule has 1 heterocycles. The third-order valence-electron chi connectivity index (χ3n) is 4.37. The Morgan fingerprint density at radius 1 is 1.00 bits per heavy atom. The molecule has 1 aromatic heterocycles. The molecule has 0 saturated carbocycles. The fraction of sp³-hybridized carbons (Fsp3) is 0.0455. The minimum absolute atomic E-state index is 0.209. The zero-order valence-corrected chi connectivity index (χ0v) is 15.1. The third-order valence-corrected chi connectivity index (χ3v) is 4.37. The van der Waals surface area contributed by atoms with Crippen LogP contribution in [0.5, 0.6) is 5.75 Å². The molecule has 6 heteroatoms. The summed E-state index contributed by atoms with van der Waals surface area (Å²) in [6.45, 7) is 0. The molecule has 4 rings (SSSR count). The number of anilines is 1. The van der Waals surface area contributed by atoms with E-state index in [0.29, 0.717) is 33.6 Å². The Morgan fingerprint density at radius 3 is 2.54 bits per heavy atom. The standard InChI is InChI=1S/C22H17N3O3/c1-28-15-11-12-17(24-21(26)14-7-3-2-4-8-14)16(13-15)20-22(27)25-19-10-6-5-9-18(19)23-20/h2-13H,1H3,(H,24,26)(H,25,27). The number of hydrogen-bond acceptors (Lipinski definition) is 4. The number of aromatic nitrogens is 2. The second-order valence-corrected chi connectivity index (χ2v) is 6.16. The van der Waals surface area contributed by atoms with Gasteiger partial charge in [-0.05, 0) is 42.5 Å². The molecule has 3 aromatic carbocycles. The van der Waals surface area contributed by atoms with Gasteiger partial charge in [0.2, 0.25) is 0 Å². The summed E-state index contributed by atoms with van der Waals surface area (Å²) in [5, 5.41) is 2.86. The van der Waals surface area contributed by atoms with Gasteiger partial charge in [0.1, 0.15) is 11.4 Å². The lowest BCUT2D eigenvalue weighted by Gasteiger charge is -2.12. The summed E-state index contributed by atoms with van der Waals surface area (Å²) >= 11 is 0. The number of para-hydroxylation sites is 2. The number of hydrogen-bond donors (Lipinski definition) is 2. The van der Waals surface area contributed by atoms with Crippen LogP contribution in [0.4, 0.5) is 5.69 Å². The van der Waals surface area contributed by atoms with E-state index in [-0.39, 0.29) is 17.2 Å². The molecule has 0 aliphatic heterocycles. The first-order chi connectivity index (χ1) is 13.7. The van der Waals surface area contributed by atoms with Crippen LogP contribution in [-0.2, 0) is 0 Å². The molecule has 138 valence electrons. The molecule has 0 radical (unpaired) electrons. The van der Waals surface area contributed by atoms with Gasteiger partial charge in [-0.25, -0.2) is 4.98 Å². The van der Waals surface area contributed by atoms with Gasteiger partial charge in [0, 0.05) is 11.1 Å². The number of benzene rings is 3. The SMILES string of the molecule is COc1ccc(NC(=O)c2ccccc2)c(-c2nc3ccccc3[nH]c2=O)c1. The Morgan fingerprint density at radius 2 is 1.75 bits per heavy atom. The van der Waals surface area contributed by atoms with E-state index in [1.165, 1.54) is 0 Å². The van der Waals surface area contributed by atoms with Crippen molar-refractivity contribution in [2.45, 2.75) is 0 Å². The van der Waals surface area contributed by atoms with E-state index in [9.17, 15) is 9.59 Å². The Bertz CT molecular complexity index is 1220. The van der Waals surface area contributed by atoms with E-state index in [1.807, 2.05) is 24.3 Å². The van der Waals surface area contributed by atoms with Crippen molar-refractivity contribution in [1.29, 1.82) is 0 Å². The van der Waals surface area contributed by atoms with Crippen LogP contribution in [0.2, 0.25) is 0 Å². The first-order valence-corrected chi connectivity index (χ1v) is 8.69. The number of carbonyl (C=O) groups excluding carboxylic acids is 1. The van der Waals surface area contributed by atoms with Crippen LogP contribution in [0, 0.1) is 0 Å². The lowest BCUT2D eigenvalue weighted by molar-refractivity contribution is 0.102. The molecule has 0 aliphatic carbocycles. The average Bonchev–Trinajstić information content (AvgIpc) is 2.74. The van der Waals surface area contributed by atoms with Crippen LogP contribution in [0.1, 0.15) is 10.4 Å². The Labute approximate surface area is 160 Å². The molecule has 0 atom stereocenters. The predicted octanol–water partition coefficient (Wildman–Crippen LogP) is 3.85. The number of carbonyl (C=O) groups is 1. The number of nitrogens with zero attached hydrogens (tertiary/aromatic N) is 1. The highest BCUT2D eigenvalue weighted by atomic mass is 16.5. The fourth-order valence-corrected chi connectivity index (χ4v) is 2.95. The second kappa shape index (κ2) is 7.36. The maximum Gasteiger partial charge on any atom is 0.275 e. The Balaban J connectivity index is 1.83. The van der Waals surface area contributed by atoms with Crippen molar-refractivity contribution in [3.05, 3.63) is 88.7 Å². The fourth-order valence-electron chi connectivity index (χ4n) is 2.95. The smallest absolute Gasteiger partial charge is 0.275 e. The lowest BCUT2D eigenvalue weighted by Crippen LogP contribution is -2.16. The van der Waals surface area contributed by atoms with Gasteiger partial charge in [0.25, 0.3) is 11.5 Å². The van der Waals surface area contributed by atoms with Crippen LogP contribution in [0.15, 0.2) is 77.6 Å². The molecule has 28 heavy (non-hydrogen) atoms. The molecule has 0 spiro atoms. The molecule has 2 N–H and O–H groups in total. The third kappa shape index (κ3) is 3.35. The van der Waals surface area contributed by atoms with Crippen molar-refractivity contribution in [2.24, 2.45) is 0 Å². The molecular weight excluding hydrogens is 354 g/mol. The summed E-state index contributed by atoms with van der Waals surface area (Å²) in [6.07, 6.45) is 0. The Kier molecular flexibility index (Phi) is 4.60. The van der Waals surface area contributed by atoms with Gasteiger partial charge in [-0.15, -0.1) is 0 Å². The monoisotopic (exact) mass is 371 g/mol. The maximum atomic E-state index is 12.7. The molecule has 4 aromatic rings.